The Balaban J connectivity index is 2.07. The molecular formula is C15H15ClN4O. The highest BCUT2D eigenvalue weighted by Gasteiger charge is 2.14. The molecular weight excluding hydrogens is 288 g/mol. The molecule has 108 valence electrons. The van der Waals surface area contributed by atoms with E-state index in [-0.39, 0.29) is 0 Å². The van der Waals surface area contributed by atoms with E-state index in [4.69, 9.17) is 16.3 Å². The van der Waals surface area contributed by atoms with Crippen LogP contribution in [0.25, 0.3) is 5.78 Å². The van der Waals surface area contributed by atoms with Gasteiger partial charge in [0.25, 0.3) is 5.78 Å². The van der Waals surface area contributed by atoms with Crippen molar-refractivity contribution >= 4 is 17.4 Å². The van der Waals surface area contributed by atoms with E-state index in [2.05, 4.69) is 35.0 Å². The zero-order valence-corrected chi connectivity index (χ0v) is 12.8. The van der Waals surface area contributed by atoms with E-state index >= 15 is 0 Å². The summed E-state index contributed by atoms with van der Waals surface area (Å²) in [5.41, 5.74) is 1.93. The summed E-state index contributed by atoms with van der Waals surface area (Å²) in [6, 6.07) is 7.97. The second-order valence-corrected chi connectivity index (χ2v) is 5.49. The first-order chi connectivity index (χ1) is 10.1. The molecule has 0 saturated heterocycles. The fourth-order valence-corrected chi connectivity index (χ4v) is 2.20. The van der Waals surface area contributed by atoms with Gasteiger partial charge < -0.3 is 4.74 Å². The molecule has 6 heteroatoms. The second-order valence-electron chi connectivity index (χ2n) is 5.13. The molecule has 0 unspecified atom stereocenters. The molecule has 21 heavy (non-hydrogen) atoms. The van der Waals surface area contributed by atoms with E-state index in [1.165, 1.54) is 11.9 Å². The lowest BCUT2D eigenvalue weighted by Gasteiger charge is -2.12. The molecule has 3 rings (SSSR count). The van der Waals surface area contributed by atoms with Crippen LogP contribution in [0.2, 0.25) is 5.15 Å². The van der Waals surface area contributed by atoms with Crippen LogP contribution in [0.1, 0.15) is 30.9 Å². The third kappa shape index (κ3) is 2.56. The Morgan fingerprint density at radius 1 is 1.29 bits per heavy atom. The van der Waals surface area contributed by atoms with Crippen molar-refractivity contribution in [3.8, 4) is 11.6 Å². The number of nitrogens with zero attached hydrogens (tertiary/aromatic N) is 4. The van der Waals surface area contributed by atoms with Gasteiger partial charge in [-0.05, 0) is 30.5 Å². The summed E-state index contributed by atoms with van der Waals surface area (Å²) in [5.74, 6) is 2.12. The summed E-state index contributed by atoms with van der Waals surface area (Å²) in [6.07, 6.45) is 1.43. The Morgan fingerprint density at radius 3 is 2.86 bits per heavy atom. The van der Waals surface area contributed by atoms with Crippen LogP contribution in [0, 0.1) is 6.92 Å². The molecule has 0 aliphatic rings. The van der Waals surface area contributed by atoms with Gasteiger partial charge in [-0.1, -0.05) is 37.6 Å². The van der Waals surface area contributed by atoms with Crippen LogP contribution >= 0.6 is 11.6 Å². The summed E-state index contributed by atoms with van der Waals surface area (Å²) in [6.45, 7) is 6.13. The van der Waals surface area contributed by atoms with Gasteiger partial charge in [0.2, 0.25) is 5.88 Å². The van der Waals surface area contributed by atoms with E-state index in [0.717, 1.165) is 11.3 Å². The van der Waals surface area contributed by atoms with Gasteiger partial charge in [0.15, 0.2) is 0 Å². The number of rotatable bonds is 3. The molecule has 0 amide bonds. The predicted molar refractivity (Wildman–Crippen MR) is 81.1 cm³/mol. The maximum atomic E-state index is 6.13. The zero-order chi connectivity index (χ0) is 15.0. The minimum atomic E-state index is 0.366. The average molecular weight is 303 g/mol. The van der Waals surface area contributed by atoms with E-state index in [9.17, 15) is 0 Å². The van der Waals surface area contributed by atoms with Gasteiger partial charge in [-0.25, -0.2) is 0 Å². The Hall–Kier alpha value is -2.14. The lowest BCUT2D eigenvalue weighted by Crippen LogP contribution is -2.02. The van der Waals surface area contributed by atoms with Crippen LogP contribution in [-0.2, 0) is 0 Å². The summed E-state index contributed by atoms with van der Waals surface area (Å²) in [7, 11) is 0. The Bertz CT molecular complexity index is 797. The topological polar surface area (TPSA) is 52.3 Å². The normalized spacial score (nSPS) is 11.3. The van der Waals surface area contributed by atoms with Crippen LogP contribution in [0.3, 0.4) is 0 Å². The van der Waals surface area contributed by atoms with Gasteiger partial charge >= 0.3 is 0 Å². The van der Waals surface area contributed by atoms with Crippen LogP contribution < -0.4 is 4.74 Å². The fraction of sp³-hybridized carbons (Fsp3) is 0.267. The van der Waals surface area contributed by atoms with Crippen molar-refractivity contribution in [1.29, 1.82) is 0 Å². The monoisotopic (exact) mass is 302 g/mol. The third-order valence-electron chi connectivity index (χ3n) is 3.29. The highest BCUT2D eigenvalue weighted by atomic mass is 35.5. The molecule has 0 bridgehead atoms. The van der Waals surface area contributed by atoms with Crippen molar-refractivity contribution < 1.29 is 4.74 Å². The Morgan fingerprint density at radius 2 is 2.10 bits per heavy atom. The van der Waals surface area contributed by atoms with Crippen molar-refractivity contribution in [2.45, 2.75) is 26.7 Å². The second kappa shape index (κ2) is 5.33. The van der Waals surface area contributed by atoms with Crippen LogP contribution in [-0.4, -0.2) is 19.6 Å². The number of hydrogen-bond acceptors (Lipinski definition) is 4. The van der Waals surface area contributed by atoms with Crippen molar-refractivity contribution in [3.05, 3.63) is 46.9 Å². The molecule has 2 aromatic heterocycles. The SMILES string of the molecule is Cc1c(Cl)nc2ncnn2c1Oc1cccc(C(C)C)c1. The van der Waals surface area contributed by atoms with Crippen molar-refractivity contribution in [2.75, 3.05) is 0 Å². The zero-order valence-electron chi connectivity index (χ0n) is 12.0. The van der Waals surface area contributed by atoms with E-state index in [1.54, 1.807) is 4.52 Å². The van der Waals surface area contributed by atoms with Gasteiger partial charge in [0.05, 0.1) is 0 Å². The van der Waals surface area contributed by atoms with Gasteiger partial charge in [-0.3, -0.25) is 0 Å². The molecule has 1 aromatic carbocycles. The maximum absolute atomic E-state index is 6.13. The molecule has 0 saturated carbocycles. The van der Waals surface area contributed by atoms with Crippen LogP contribution in [0.15, 0.2) is 30.6 Å². The number of aromatic nitrogens is 4. The minimum absolute atomic E-state index is 0.366. The number of ether oxygens (including phenoxy) is 1. The van der Waals surface area contributed by atoms with Gasteiger partial charge in [-0.15, -0.1) is 0 Å². The minimum Gasteiger partial charge on any atom is -0.438 e. The highest BCUT2D eigenvalue weighted by Crippen LogP contribution is 2.30. The van der Waals surface area contributed by atoms with Crippen molar-refractivity contribution in [1.82, 2.24) is 19.6 Å². The standard InChI is InChI=1S/C15H15ClN4O/c1-9(2)11-5-4-6-12(7-11)21-14-10(3)13(16)19-15-17-8-18-20(14)15/h4-9H,1-3H3. The Labute approximate surface area is 127 Å². The fourth-order valence-electron chi connectivity index (χ4n) is 2.04. The van der Waals surface area contributed by atoms with Crippen LogP contribution in [0.5, 0.6) is 11.6 Å². The summed E-state index contributed by atoms with van der Waals surface area (Å²) >= 11 is 6.13. The number of fused-ring (bicyclic) bond motifs is 1. The largest absolute Gasteiger partial charge is 0.438 e. The van der Waals surface area contributed by atoms with Gasteiger partial charge in [0, 0.05) is 5.56 Å². The summed E-state index contributed by atoms with van der Waals surface area (Å²) in [5, 5.41) is 4.50. The first-order valence-corrected chi connectivity index (χ1v) is 7.07. The van der Waals surface area contributed by atoms with Gasteiger partial charge in [-0.2, -0.15) is 19.6 Å². The average Bonchev–Trinajstić information content (AvgIpc) is 2.92. The maximum Gasteiger partial charge on any atom is 0.256 e. The number of benzene rings is 1. The van der Waals surface area contributed by atoms with E-state index < -0.39 is 0 Å². The van der Waals surface area contributed by atoms with E-state index in [1.807, 2.05) is 25.1 Å². The lowest BCUT2D eigenvalue weighted by molar-refractivity contribution is 0.441. The lowest BCUT2D eigenvalue weighted by atomic mass is 10.0. The molecule has 2 heterocycles. The molecule has 0 N–H and O–H groups in total. The molecule has 0 radical (unpaired) electrons. The summed E-state index contributed by atoms with van der Waals surface area (Å²) in [4.78, 5) is 8.20. The molecule has 3 aromatic rings. The van der Waals surface area contributed by atoms with Crippen molar-refractivity contribution in [2.24, 2.45) is 0 Å². The predicted octanol–water partition coefficient (Wildman–Crippen LogP) is 4.00. The first kappa shape index (κ1) is 13.8. The van der Waals surface area contributed by atoms with Crippen molar-refractivity contribution in [3.63, 3.8) is 0 Å². The molecule has 0 aliphatic carbocycles. The number of hydrogen-bond donors (Lipinski definition) is 0. The van der Waals surface area contributed by atoms with E-state index in [0.29, 0.717) is 22.7 Å². The third-order valence-corrected chi connectivity index (χ3v) is 3.66. The molecule has 0 spiro atoms. The smallest absolute Gasteiger partial charge is 0.256 e. The number of halogens is 1. The first-order valence-electron chi connectivity index (χ1n) is 6.70. The highest BCUT2D eigenvalue weighted by molar-refractivity contribution is 6.30. The molecule has 0 atom stereocenters. The van der Waals surface area contributed by atoms with Gasteiger partial charge in [0.1, 0.15) is 17.2 Å². The van der Waals surface area contributed by atoms with Crippen LogP contribution in [0.4, 0.5) is 0 Å². The molecule has 0 fully saturated rings. The quantitative estimate of drug-likeness (QED) is 0.686. The molecule has 5 nitrogen and oxygen atoms in total. The molecule has 0 aliphatic heterocycles. The Kier molecular flexibility index (Phi) is 3.51. The summed E-state index contributed by atoms with van der Waals surface area (Å²) < 4.78 is 7.53.